The SMILES string of the molecule is Cn1c(=O)[nH]c2ccnc(Cl)c21. The van der Waals surface area contributed by atoms with Crippen molar-refractivity contribution in [2.45, 2.75) is 0 Å². The molecule has 0 radical (unpaired) electrons. The van der Waals surface area contributed by atoms with Gasteiger partial charge in [-0.3, -0.25) is 4.57 Å². The third kappa shape index (κ3) is 0.848. The van der Waals surface area contributed by atoms with Gasteiger partial charge in [0.25, 0.3) is 0 Å². The molecule has 2 rings (SSSR count). The normalized spacial score (nSPS) is 10.8. The van der Waals surface area contributed by atoms with Gasteiger partial charge in [0, 0.05) is 13.2 Å². The standard InChI is InChI=1S/C7H6ClN3O/c1-11-5-4(10-7(11)12)2-3-9-6(5)8/h2-3H,1H3,(H,10,12). The lowest BCUT2D eigenvalue weighted by molar-refractivity contribution is 0.890. The summed E-state index contributed by atoms with van der Waals surface area (Å²) in [5.74, 6) is 0. The Morgan fingerprint density at radius 2 is 2.42 bits per heavy atom. The minimum Gasteiger partial charge on any atom is -0.305 e. The van der Waals surface area contributed by atoms with E-state index in [0.29, 0.717) is 16.2 Å². The lowest BCUT2D eigenvalue weighted by Gasteiger charge is -1.93. The van der Waals surface area contributed by atoms with Crippen molar-refractivity contribution in [2.24, 2.45) is 7.05 Å². The molecule has 12 heavy (non-hydrogen) atoms. The van der Waals surface area contributed by atoms with Crippen LogP contribution in [0.1, 0.15) is 0 Å². The lowest BCUT2D eigenvalue weighted by atomic mass is 10.4. The minimum absolute atomic E-state index is 0.181. The Kier molecular flexibility index (Phi) is 1.44. The summed E-state index contributed by atoms with van der Waals surface area (Å²) < 4.78 is 1.44. The van der Waals surface area contributed by atoms with Gasteiger partial charge >= 0.3 is 5.69 Å². The summed E-state index contributed by atoms with van der Waals surface area (Å²) in [7, 11) is 1.65. The van der Waals surface area contributed by atoms with Gasteiger partial charge in [-0.15, -0.1) is 0 Å². The van der Waals surface area contributed by atoms with E-state index >= 15 is 0 Å². The van der Waals surface area contributed by atoms with E-state index in [9.17, 15) is 4.79 Å². The topological polar surface area (TPSA) is 50.7 Å². The van der Waals surface area contributed by atoms with Crippen LogP contribution in [0, 0.1) is 0 Å². The minimum atomic E-state index is -0.181. The van der Waals surface area contributed by atoms with Crippen molar-refractivity contribution in [1.82, 2.24) is 14.5 Å². The number of hydrogen-bond acceptors (Lipinski definition) is 2. The Hall–Kier alpha value is -1.29. The van der Waals surface area contributed by atoms with Crippen LogP contribution in [0.4, 0.5) is 0 Å². The second-order valence-corrected chi connectivity index (χ2v) is 2.85. The number of halogens is 1. The number of nitrogens with one attached hydrogen (secondary N) is 1. The molecule has 0 unspecified atom stereocenters. The molecule has 0 amide bonds. The van der Waals surface area contributed by atoms with Crippen LogP contribution in [0.3, 0.4) is 0 Å². The van der Waals surface area contributed by atoms with Crippen molar-refractivity contribution in [2.75, 3.05) is 0 Å². The van der Waals surface area contributed by atoms with Gasteiger partial charge in [-0.05, 0) is 6.07 Å². The lowest BCUT2D eigenvalue weighted by Crippen LogP contribution is -2.11. The molecule has 0 fully saturated rings. The molecule has 0 saturated heterocycles. The largest absolute Gasteiger partial charge is 0.326 e. The van der Waals surface area contributed by atoms with E-state index in [1.54, 1.807) is 19.3 Å². The van der Waals surface area contributed by atoms with E-state index in [2.05, 4.69) is 9.97 Å². The van der Waals surface area contributed by atoms with Crippen molar-refractivity contribution in [3.63, 3.8) is 0 Å². The molecule has 0 bridgehead atoms. The summed E-state index contributed by atoms with van der Waals surface area (Å²) in [6.45, 7) is 0. The second-order valence-electron chi connectivity index (χ2n) is 2.49. The molecule has 0 atom stereocenters. The van der Waals surface area contributed by atoms with Crippen LogP contribution in [0.15, 0.2) is 17.1 Å². The summed E-state index contributed by atoms with van der Waals surface area (Å²) in [4.78, 5) is 17.6. The first-order chi connectivity index (χ1) is 5.70. The molecule has 0 aromatic carbocycles. The number of fused-ring (bicyclic) bond motifs is 1. The highest BCUT2D eigenvalue weighted by atomic mass is 35.5. The van der Waals surface area contributed by atoms with Gasteiger partial charge < -0.3 is 4.98 Å². The van der Waals surface area contributed by atoms with Crippen LogP contribution < -0.4 is 5.69 Å². The van der Waals surface area contributed by atoms with E-state index in [0.717, 1.165) is 0 Å². The van der Waals surface area contributed by atoms with Crippen LogP contribution in [0.5, 0.6) is 0 Å². The summed E-state index contributed by atoms with van der Waals surface area (Å²) in [6, 6.07) is 1.71. The zero-order valence-electron chi connectivity index (χ0n) is 6.34. The van der Waals surface area contributed by atoms with Crippen LogP contribution in [0.2, 0.25) is 5.15 Å². The Balaban J connectivity index is 3.07. The van der Waals surface area contributed by atoms with Gasteiger partial charge in [0.15, 0.2) is 5.15 Å². The van der Waals surface area contributed by atoms with Crippen LogP contribution in [-0.4, -0.2) is 14.5 Å². The predicted octanol–water partition coefficient (Wildman–Crippen LogP) is 0.915. The molecule has 4 nitrogen and oxygen atoms in total. The van der Waals surface area contributed by atoms with Gasteiger partial charge in [-0.2, -0.15) is 0 Å². The van der Waals surface area contributed by atoms with Crippen LogP contribution >= 0.6 is 11.6 Å². The van der Waals surface area contributed by atoms with Crippen molar-refractivity contribution in [3.8, 4) is 0 Å². The summed E-state index contributed by atoms with van der Waals surface area (Å²) in [5, 5.41) is 0.341. The van der Waals surface area contributed by atoms with Crippen molar-refractivity contribution in [3.05, 3.63) is 27.9 Å². The molecular weight excluding hydrogens is 178 g/mol. The van der Waals surface area contributed by atoms with Gasteiger partial charge in [-0.1, -0.05) is 11.6 Å². The van der Waals surface area contributed by atoms with Crippen molar-refractivity contribution < 1.29 is 0 Å². The fraction of sp³-hybridized carbons (Fsp3) is 0.143. The van der Waals surface area contributed by atoms with Crippen molar-refractivity contribution >= 4 is 22.6 Å². The molecule has 5 heteroatoms. The number of aromatic amines is 1. The highest BCUT2D eigenvalue weighted by Crippen LogP contribution is 2.16. The first-order valence-electron chi connectivity index (χ1n) is 3.39. The Labute approximate surface area is 72.8 Å². The summed E-state index contributed by atoms with van der Waals surface area (Å²) >= 11 is 5.78. The van der Waals surface area contributed by atoms with Crippen LogP contribution in [0.25, 0.3) is 11.0 Å². The molecular formula is C7H6ClN3O. The number of rotatable bonds is 0. The number of H-pyrrole nitrogens is 1. The van der Waals surface area contributed by atoms with E-state index in [4.69, 9.17) is 11.6 Å². The molecule has 2 heterocycles. The van der Waals surface area contributed by atoms with Gasteiger partial charge in [0.2, 0.25) is 0 Å². The van der Waals surface area contributed by atoms with E-state index < -0.39 is 0 Å². The number of nitrogens with zero attached hydrogens (tertiary/aromatic N) is 2. The first-order valence-corrected chi connectivity index (χ1v) is 3.77. The monoisotopic (exact) mass is 183 g/mol. The summed E-state index contributed by atoms with van der Waals surface area (Å²) in [5.41, 5.74) is 1.17. The number of aryl methyl sites for hydroxylation is 1. The third-order valence-electron chi connectivity index (χ3n) is 1.76. The van der Waals surface area contributed by atoms with E-state index in [1.165, 1.54) is 4.57 Å². The fourth-order valence-corrected chi connectivity index (χ4v) is 1.43. The van der Waals surface area contributed by atoms with Crippen molar-refractivity contribution in [1.29, 1.82) is 0 Å². The Bertz CT molecular complexity index is 485. The molecule has 2 aromatic rings. The number of pyridine rings is 1. The molecule has 0 aliphatic heterocycles. The zero-order chi connectivity index (χ0) is 8.72. The molecule has 0 aliphatic carbocycles. The second kappa shape index (κ2) is 2.35. The van der Waals surface area contributed by atoms with Gasteiger partial charge in [-0.25, -0.2) is 9.78 Å². The first kappa shape index (κ1) is 7.36. The van der Waals surface area contributed by atoms with Crippen LogP contribution in [-0.2, 0) is 7.05 Å². The highest BCUT2D eigenvalue weighted by molar-refractivity contribution is 6.33. The fourth-order valence-electron chi connectivity index (χ4n) is 1.15. The molecule has 2 aromatic heterocycles. The van der Waals surface area contributed by atoms with E-state index in [1.807, 2.05) is 0 Å². The highest BCUT2D eigenvalue weighted by Gasteiger charge is 2.06. The summed E-state index contributed by atoms with van der Waals surface area (Å²) in [6.07, 6.45) is 1.56. The maximum atomic E-state index is 11.1. The van der Waals surface area contributed by atoms with E-state index in [-0.39, 0.29) is 5.69 Å². The molecule has 0 saturated carbocycles. The molecule has 0 spiro atoms. The number of aromatic nitrogens is 3. The molecule has 62 valence electrons. The zero-order valence-corrected chi connectivity index (χ0v) is 7.09. The quantitative estimate of drug-likeness (QED) is 0.618. The number of hydrogen-bond donors (Lipinski definition) is 1. The predicted molar refractivity (Wildman–Crippen MR) is 46.3 cm³/mol. The molecule has 0 aliphatic rings. The average molecular weight is 184 g/mol. The number of imidazole rings is 1. The maximum Gasteiger partial charge on any atom is 0.326 e. The smallest absolute Gasteiger partial charge is 0.305 e. The van der Waals surface area contributed by atoms with Gasteiger partial charge in [0.1, 0.15) is 5.52 Å². The average Bonchev–Trinajstić information content (AvgIpc) is 2.29. The third-order valence-corrected chi connectivity index (χ3v) is 2.04. The van der Waals surface area contributed by atoms with Gasteiger partial charge in [0.05, 0.1) is 5.52 Å². The molecule has 1 N–H and O–H groups in total. The Morgan fingerprint density at radius 1 is 1.67 bits per heavy atom. The maximum absolute atomic E-state index is 11.1. The Morgan fingerprint density at radius 3 is 3.08 bits per heavy atom.